The molecule has 0 amide bonds. The average Bonchev–Trinajstić information content (AvgIpc) is 2.03. The highest BCUT2D eigenvalue weighted by atomic mass is 127. The van der Waals surface area contributed by atoms with E-state index >= 15 is 0 Å². The zero-order valence-electron chi connectivity index (χ0n) is 6.20. The van der Waals surface area contributed by atoms with Crippen molar-refractivity contribution in [3.8, 4) is 0 Å². The minimum atomic E-state index is -2.59. The summed E-state index contributed by atoms with van der Waals surface area (Å²) in [5, 5.41) is 0.323. The van der Waals surface area contributed by atoms with Gasteiger partial charge < -0.3 is 0 Å². The Labute approximate surface area is 97.6 Å². The lowest BCUT2D eigenvalue weighted by atomic mass is 10.3. The third-order valence-electron chi connectivity index (χ3n) is 1.36. The Hall–Kier alpha value is 0.320. The topological polar surface area (TPSA) is 12.9 Å². The molecule has 0 spiro atoms. The van der Waals surface area contributed by atoms with Gasteiger partial charge in [0.25, 0.3) is 6.43 Å². The van der Waals surface area contributed by atoms with Crippen LogP contribution in [0, 0.1) is 3.57 Å². The Bertz CT molecular complexity index is 320. The van der Waals surface area contributed by atoms with Crippen LogP contribution >= 0.6 is 45.8 Å². The van der Waals surface area contributed by atoms with Crippen LogP contribution in [0.2, 0.25) is 5.02 Å². The predicted molar refractivity (Wildman–Crippen MR) is 56.5 cm³/mol. The summed E-state index contributed by atoms with van der Waals surface area (Å²) in [7, 11) is 0. The van der Waals surface area contributed by atoms with Crippen molar-refractivity contribution in [3.05, 3.63) is 26.0 Å². The molecule has 0 fully saturated rings. The highest BCUT2D eigenvalue weighted by Crippen LogP contribution is 2.27. The summed E-state index contributed by atoms with van der Waals surface area (Å²) >= 11 is 12.9. The molecule has 1 aromatic rings. The van der Waals surface area contributed by atoms with Crippen molar-refractivity contribution in [2.75, 3.05) is 0 Å². The maximum absolute atomic E-state index is 12.3. The summed E-state index contributed by atoms with van der Waals surface area (Å²) in [5.41, 5.74) is 0.0275. The molecule has 1 rings (SSSR count). The SMILES string of the molecule is FC(F)c1nc(CCl)c(Cl)cc1I. The lowest BCUT2D eigenvalue weighted by Gasteiger charge is -2.05. The van der Waals surface area contributed by atoms with Crippen LogP contribution < -0.4 is 0 Å². The van der Waals surface area contributed by atoms with Gasteiger partial charge in [-0.25, -0.2) is 13.8 Å². The summed E-state index contributed by atoms with van der Waals surface area (Å²) in [6.07, 6.45) is -2.59. The van der Waals surface area contributed by atoms with E-state index in [1.807, 2.05) is 0 Å². The molecule has 13 heavy (non-hydrogen) atoms. The van der Waals surface area contributed by atoms with Crippen molar-refractivity contribution in [3.63, 3.8) is 0 Å². The Morgan fingerprint density at radius 1 is 1.54 bits per heavy atom. The fourth-order valence-corrected chi connectivity index (χ4v) is 2.11. The van der Waals surface area contributed by atoms with Crippen LogP contribution in [0.3, 0.4) is 0 Å². The third-order valence-corrected chi connectivity index (χ3v) is 2.81. The molecule has 0 atom stereocenters. The number of rotatable bonds is 2. The molecular weight excluding hydrogens is 334 g/mol. The van der Waals surface area contributed by atoms with Gasteiger partial charge in [-0.05, 0) is 28.7 Å². The first-order chi connectivity index (χ1) is 6.06. The summed E-state index contributed by atoms with van der Waals surface area (Å²) in [6.45, 7) is 0. The highest BCUT2D eigenvalue weighted by Gasteiger charge is 2.16. The van der Waals surface area contributed by atoms with E-state index < -0.39 is 6.43 Å². The van der Waals surface area contributed by atoms with Crippen LogP contribution in [0.1, 0.15) is 17.8 Å². The van der Waals surface area contributed by atoms with Crippen LogP contribution in [-0.2, 0) is 5.88 Å². The average molecular weight is 338 g/mol. The zero-order chi connectivity index (χ0) is 10.0. The maximum atomic E-state index is 12.3. The summed E-state index contributed by atoms with van der Waals surface area (Å²) in [6, 6.07) is 1.44. The number of alkyl halides is 3. The van der Waals surface area contributed by atoms with E-state index in [2.05, 4.69) is 4.98 Å². The predicted octanol–water partition coefficient (Wildman–Crippen LogP) is 4.02. The minimum Gasteiger partial charge on any atom is -0.248 e. The Kier molecular flexibility index (Phi) is 4.12. The van der Waals surface area contributed by atoms with Crippen molar-refractivity contribution >= 4 is 45.8 Å². The van der Waals surface area contributed by atoms with Gasteiger partial charge in [-0.3, -0.25) is 0 Å². The van der Waals surface area contributed by atoms with E-state index in [-0.39, 0.29) is 11.6 Å². The Morgan fingerprint density at radius 2 is 2.15 bits per heavy atom. The van der Waals surface area contributed by atoms with Gasteiger partial charge in [0.1, 0.15) is 5.69 Å². The number of pyridine rings is 1. The van der Waals surface area contributed by atoms with Crippen LogP contribution in [-0.4, -0.2) is 4.98 Å². The number of hydrogen-bond donors (Lipinski definition) is 0. The summed E-state index contributed by atoms with van der Waals surface area (Å²) < 4.78 is 25.0. The molecule has 0 aliphatic rings. The first-order valence-corrected chi connectivity index (χ1v) is 5.24. The lowest BCUT2D eigenvalue weighted by molar-refractivity contribution is 0.145. The maximum Gasteiger partial charge on any atom is 0.281 e. The van der Waals surface area contributed by atoms with Crippen molar-refractivity contribution in [1.82, 2.24) is 4.98 Å². The molecule has 0 radical (unpaired) electrons. The second kappa shape index (κ2) is 4.70. The monoisotopic (exact) mass is 337 g/mol. The molecule has 0 saturated carbocycles. The molecule has 0 saturated heterocycles. The van der Waals surface area contributed by atoms with Gasteiger partial charge in [-0.1, -0.05) is 11.6 Å². The van der Waals surface area contributed by atoms with Gasteiger partial charge in [0.15, 0.2) is 0 Å². The summed E-state index contributed by atoms with van der Waals surface area (Å²) in [4.78, 5) is 3.67. The first kappa shape index (κ1) is 11.4. The normalized spacial score (nSPS) is 10.9. The number of halogens is 5. The quantitative estimate of drug-likeness (QED) is 0.587. The van der Waals surface area contributed by atoms with Crippen LogP contribution in [0.25, 0.3) is 0 Å². The number of aromatic nitrogens is 1. The van der Waals surface area contributed by atoms with E-state index in [9.17, 15) is 8.78 Å². The highest BCUT2D eigenvalue weighted by molar-refractivity contribution is 14.1. The molecule has 1 aromatic heterocycles. The van der Waals surface area contributed by atoms with Crippen LogP contribution in [0.5, 0.6) is 0 Å². The molecule has 1 heterocycles. The lowest BCUT2D eigenvalue weighted by Crippen LogP contribution is -1.98. The molecule has 0 unspecified atom stereocenters. The van der Waals surface area contributed by atoms with Gasteiger partial charge in [0, 0.05) is 3.57 Å². The molecule has 0 aliphatic carbocycles. The first-order valence-electron chi connectivity index (χ1n) is 3.25. The largest absolute Gasteiger partial charge is 0.281 e. The Balaban J connectivity index is 3.22. The molecule has 0 N–H and O–H groups in total. The second-order valence-electron chi connectivity index (χ2n) is 2.22. The van der Waals surface area contributed by atoms with Crippen LogP contribution in [0.4, 0.5) is 8.78 Å². The third kappa shape index (κ3) is 2.63. The van der Waals surface area contributed by atoms with E-state index in [0.29, 0.717) is 14.3 Å². The zero-order valence-corrected chi connectivity index (χ0v) is 9.87. The fourth-order valence-electron chi connectivity index (χ4n) is 0.767. The second-order valence-corrected chi connectivity index (χ2v) is 4.05. The molecule has 72 valence electrons. The Morgan fingerprint density at radius 3 is 2.62 bits per heavy atom. The molecule has 0 aliphatic heterocycles. The number of nitrogens with zero attached hydrogens (tertiary/aromatic N) is 1. The van der Waals surface area contributed by atoms with Gasteiger partial charge in [0.05, 0.1) is 16.6 Å². The van der Waals surface area contributed by atoms with Crippen molar-refractivity contribution in [2.24, 2.45) is 0 Å². The van der Waals surface area contributed by atoms with E-state index in [4.69, 9.17) is 23.2 Å². The molecule has 0 aromatic carbocycles. The fraction of sp³-hybridized carbons (Fsp3) is 0.286. The van der Waals surface area contributed by atoms with Crippen molar-refractivity contribution in [1.29, 1.82) is 0 Å². The van der Waals surface area contributed by atoms with Gasteiger partial charge in [-0.15, -0.1) is 11.6 Å². The van der Waals surface area contributed by atoms with Gasteiger partial charge in [0.2, 0.25) is 0 Å². The van der Waals surface area contributed by atoms with Crippen molar-refractivity contribution < 1.29 is 8.78 Å². The molecule has 0 bridgehead atoms. The van der Waals surface area contributed by atoms with Crippen molar-refractivity contribution in [2.45, 2.75) is 12.3 Å². The molecule has 1 nitrogen and oxygen atoms in total. The van der Waals surface area contributed by atoms with E-state index in [1.165, 1.54) is 6.07 Å². The smallest absolute Gasteiger partial charge is 0.248 e. The van der Waals surface area contributed by atoms with Gasteiger partial charge in [-0.2, -0.15) is 0 Å². The van der Waals surface area contributed by atoms with E-state index in [0.717, 1.165) is 0 Å². The van der Waals surface area contributed by atoms with Gasteiger partial charge >= 0.3 is 0 Å². The summed E-state index contributed by atoms with van der Waals surface area (Å²) in [5.74, 6) is 0.0372. The minimum absolute atomic E-state index is 0.0372. The number of hydrogen-bond acceptors (Lipinski definition) is 1. The molecule has 6 heteroatoms. The standard InChI is InChI=1S/C7H4Cl2F2IN/c8-2-5-3(9)1-4(12)6(13-5)7(10)11/h1,7H,2H2. The molecular formula is C7H4Cl2F2IN. The van der Waals surface area contributed by atoms with E-state index in [1.54, 1.807) is 22.6 Å². The van der Waals surface area contributed by atoms with Crippen LogP contribution in [0.15, 0.2) is 6.07 Å².